The van der Waals surface area contributed by atoms with Crippen LogP contribution in [0.4, 0.5) is 0 Å². The van der Waals surface area contributed by atoms with E-state index in [-0.39, 0.29) is 5.60 Å². The van der Waals surface area contributed by atoms with Crippen molar-refractivity contribution >= 4 is 27.3 Å². The van der Waals surface area contributed by atoms with Crippen LogP contribution in [0.2, 0.25) is 0 Å². The van der Waals surface area contributed by atoms with Gasteiger partial charge in [-0.05, 0) is 53.1 Å². The number of halogens is 1. The van der Waals surface area contributed by atoms with Crippen LogP contribution < -0.4 is 0 Å². The highest BCUT2D eigenvalue weighted by Crippen LogP contribution is 2.46. The Morgan fingerprint density at radius 1 is 1.67 bits per heavy atom. The second-order valence-electron chi connectivity index (χ2n) is 5.23. The van der Waals surface area contributed by atoms with E-state index in [1.54, 1.807) is 11.3 Å². The van der Waals surface area contributed by atoms with Crippen LogP contribution in [0.15, 0.2) is 15.9 Å². The lowest BCUT2D eigenvalue weighted by molar-refractivity contribution is -0.149. The zero-order chi connectivity index (χ0) is 13.2. The Morgan fingerprint density at radius 3 is 3.00 bits per heavy atom. The van der Waals surface area contributed by atoms with Crippen LogP contribution in [0, 0.1) is 5.92 Å². The van der Waals surface area contributed by atoms with Gasteiger partial charge in [0.1, 0.15) is 6.10 Å². The van der Waals surface area contributed by atoms with Gasteiger partial charge in [0.15, 0.2) is 0 Å². The lowest BCUT2D eigenvalue weighted by atomic mass is 9.75. The molecule has 0 amide bonds. The summed E-state index contributed by atoms with van der Waals surface area (Å²) in [5.74, 6) is 0.624. The van der Waals surface area contributed by atoms with Gasteiger partial charge in [-0.3, -0.25) is 0 Å². The SMILES string of the molecule is CCOC1(C(O)c2sccc2Br)CCCC(C)C1. The van der Waals surface area contributed by atoms with E-state index >= 15 is 0 Å². The van der Waals surface area contributed by atoms with Gasteiger partial charge in [0.25, 0.3) is 0 Å². The van der Waals surface area contributed by atoms with Gasteiger partial charge in [0, 0.05) is 11.1 Å². The van der Waals surface area contributed by atoms with E-state index in [1.807, 2.05) is 18.4 Å². The van der Waals surface area contributed by atoms with E-state index < -0.39 is 6.10 Å². The molecule has 1 aliphatic rings. The first-order valence-electron chi connectivity index (χ1n) is 6.64. The quantitative estimate of drug-likeness (QED) is 0.877. The summed E-state index contributed by atoms with van der Waals surface area (Å²) in [6, 6.07) is 2.00. The normalized spacial score (nSPS) is 30.3. The third-order valence-corrected chi connectivity index (χ3v) is 5.74. The van der Waals surface area contributed by atoms with E-state index in [0.29, 0.717) is 12.5 Å². The maximum atomic E-state index is 10.8. The summed E-state index contributed by atoms with van der Waals surface area (Å²) in [5, 5.41) is 12.8. The summed E-state index contributed by atoms with van der Waals surface area (Å²) in [4.78, 5) is 0.998. The highest BCUT2D eigenvalue weighted by molar-refractivity contribution is 9.10. The van der Waals surface area contributed by atoms with Gasteiger partial charge >= 0.3 is 0 Å². The largest absolute Gasteiger partial charge is 0.384 e. The molecule has 0 saturated heterocycles. The van der Waals surface area contributed by atoms with Crippen molar-refractivity contribution in [2.24, 2.45) is 5.92 Å². The van der Waals surface area contributed by atoms with Crippen molar-refractivity contribution in [1.82, 2.24) is 0 Å². The number of hydrogen-bond donors (Lipinski definition) is 1. The Labute approximate surface area is 121 Å². The van der Waals surface area contributed by atoms with Crippen molar-refractivity contribution in [2.75, 3.05) is 6.61 Å². The Balaban J connectivity index is 2.26. The second-order valence-corrected chi connectivity index (χ2v) is 7.04. The predicted octanol–water partition coefficient (Wildman–Crippen LogP) is 4.53. The second kappa shape index (κ2) is 6.04. The molecule has 18 heavy (non-hydrogen) atoms. The molecular weight excluding hydrogens is 312 g/mol. The maximum Gasteiger partial charge on any atom is 0.118 e. The molecule has 1 N–H and O–H groups in total. The van der Waals surface area contributed by atoms with Crippen LogP contribution in [0.1, 0.15) is 50.5 Å². The van der Waals surface area contributed by atoms with Crippen LogP contribution in [-0.4, -0.2) is 17.3 Å². The topological polar surface area (TPSA) is 29.5 Å². The standard InChI is InChI=1S/C14H21BrO2S/c1-3-17-14(7-4-5-10(2)9-14)13(16)12-11(15)6-8-18-12/h6,8,10,13,16H,3-5,7,9H2,1-2H3. The third-order valence-electron chi connectivity index (χ3n) is 3.81. The fourth-order valence-electron chi connectivity index (χ4n) is 3.03. The van der Waals surface area contributed by atoms with Gasteiger partial charge in [0.05, 0.1) is 10.5 Å². The Morgan fingerprint density at radius 2 is 2.44 bits per heavy atom. The van der Waals surface area contributed by atoms with Crippen molar-refractivity contribution < 1.29 is 9.84 Å². The third kappa shape index (κ3) is 2.82. The summed E-state index contributed by atoms with van der Waals surface area (Å²) >= 11 is 5.12. The molecule has 2 nitrogen and oxygen atoms in total. The van der Waals surface area contributed by atoms with Gasteiger partial charge in [-0.25, -0.2) is 0 Å². The van der Waals surface area contributed by atoms with Gasteiger partial charge in [-0.1, -0.05) is 19.8 Å². The number of thiophene rings is 1. The van der Waals surface area contributed by atoms with E-state index in [4.69, 9.17) is 4.74 Å². The van der Waals surface area contributed by atoms with Crippen LogP contribution in [-0.2, 0) is 4.74 Å². The molecule has 1 heterocycles. The molecule has 0 bridgehead atoms. The van der Waals surface area contributed by atoms with Crippen molar-refractivity contribution in [3.05, 3.63) is 20.8 Å². The van der Waals surface area contributed by atoms with Gasteiger partial charge in [0.2, 0.25) is 0 Å². The molecule has 3 atom stereocenters. The summed E-state index contributed by atoms with van der Waals surface area (Å²) < 4.78 is 7.01. The van der Waals surface area contributed by atoms with Crippen LogP contribution in [0.3, 0.4) is 0 Å². The Hall–Kier alpha value is 0.100. The molecule has 0 aromatic carbocycles. The van der Waals surface area contributed by atoms with Gasteiger partial charge in [-0.2, -0.15) is 0 Å². The minimum Gasteiger partial charge on any atom is -0.384 e. The Kier molecular flexibility index (Phi) is 4.86. The van der Waals surface area contributed by atoms with Crippen molar-refractivity contribution in [1.29, 1.82) is 0 Å². The number of rotatable bonds is 4. The van der Waals surface area contributed by atoms with Crippen LogP contribution in [0.5, 0.6) is 0 Å². The monoisotopic (exact) mass is 332 g/mol. The summed E-state index contributed by atoms with van der Waals surface area (Å²) in [7, 11) is 0. The smallest absolute Gasteiger partial charge is 0.118 e. The molecule has 0 aliphatic heterocycles. The highest BCUT2D eigenvalue weighted by atomic mass is 79.9. The molecule has 1 aromatic rings. The molecule has 2 rings (SSSR count). The maximum absolute atomic E-state index is 10.8. The molecule has 0 radical (unpaired) electrons. The van der Waals surface area contributed by atoms with E-state index in [0.717, 1.165) is 28.6 Å². The average molecular weight is 333 g/mol. The molecule has 1 fully saturated rings. The molecular formula is C14H21BrO2S. The zero-order valence-electron chi connectivity index (χ0n) is 11.0. The average Bonchev–Trinajstić information content (AvgIpc) is 2.75. The van der Waals surface area contributed by atoms with E-state index in [9.17, 15) is 5.11 Å². The molecule has 1 saturated carbocycles. The zero-order valence-corrected chi connectivity index (χ0v) is 13.4. The predicted molar refractivity (Wildman–Crippen MR) is 79.0 cm³/mol. The number of ether oxygens (including phenoxy) is 1. The summed E-state index contributed by atoms with van der Waals surface area (Å²) in [6.45, 7) is 4.92. The lowest BCUT2D eigenvalue weighted by Crippen LogP contribution is -2.43. The molecule has 4 heteroatoms. The number of hydrogen-bond acceptors (Lipinski definition) is 3. The van der Waals surface area contributed by atoms with E-state index in [2.05, 4.69) is 22.9 Å². The first-order valence-corrected chi connectivity index (χ1v) is 8.31. The van der Waals surface area contributed by atoms with Crippen molar-refractivity contribution in [3.8, 4) is 0 Å². The summed E-state index contributed by atoms with van der Waals surface area (Å²) in [6.07, 6.45) is 3.77. The fraction of sp³-hybridized carbons (Fsp3) is 0.714. The molecule has 3 unspecified atom stereocenters. The first kappa shape index (κ1) is 14.5. The highest BCUT2D eigenvalue weighted by Gasteiger charge is 2.43. The van der Waals surface area contributed by atoms with Crippen molar-refractivity contribution in [2.45, 2.75) is 51.2 Å². The molecule has 0 spiro atoms. The minimum absolute atomic E-state index is 0.389. The minimum atomic E-state index is -0.519. The number of aliphatic hydroxyl groups is 1. The molecule has 102 valence electrons. The Bertz CT molecular complexity index is 389. The first-order chi connectivity index (χ1) is 8.59. The molecule has 1 aromatic heterocycles. The molecule has 1 aliphatic carbocycles. The van der Waals surface area contributed by atoms with Gasteiger partial charge in [-0.15, -0.1) is 11.3 Å². The number of aliphatic hydroxyl groups excluding tert-OH is 1. The lowest BCUT2D eigenvalue weighted by Gasteiger charge is -2.43. The van der Waals surface area contributed by atoms with Gasteiger partial charge < -0.3 is 9.84 Å². The van der Waals surface area contributed by atoms with Crippen LogP contribution >= 0.6 is 27.3 Å². The van der Waals surface area contributed by atoms with Crippen molar-refractivity contribution in [3.63, 3.8) is 0 Å². The van der Waals surface area contributed by atoms with E-state index in [1.165, 1.54) is 6.42 Å². The van der Waals surface area contributed by atoms with Crippen LogP contribution in [0.25, 0.3) is 0 Å². The fourth-order valence-corrected chi connectivity index (χ4v) is 4.71. The summed E-state index contributed by atoms with van der Waals surface area (Å²) in [5.41, 5.74) is -0.389.